The van der Waals surface area contributed by atoms with E-state index < -0.39 is 5.79 Å². The first kappa shape index (κ1) is 14.3. The van der Waals surface area contributed by atoms with E-state index in [0.717, 1.165) is 0 Å². The quantitative estimate of drug-likeness (QED) is 0.495. The summed E-state index contributed by atoms with van der Waals surface area (Å²) in [4.78, 5) is 12.4. The number of benzene rings is 1. The lowest BCUT2D eigenvalue weighted by Crippen LogP contribution is -2.42. The second-order valence-corrected chi connectivity index (χ2v) is 4.60. The number of methoxy groups -OCH3 is 2. The molecule has 1 aromatic carbocycles. The van der Waals surface area contributed by atoms with Crippen LogP contribution in [0.15, 0.2) is 47.7 Å². The molecule has 0 saturated carbocycles. The molecular weight excluding hydrogens is 256 g/mol. The molecular formula is C15H18N2O3. The summed E-state index contributed by atoms with van der Waals surface area (Å²) in [7, 11) is 3.00. The summed E-state index contributed by atoms with van der Waals surface area (Å²) in [5.74, 6) is -1.17. The third kappa shape index (κ3) is 2.45. The van der Waals surface area contributed by atoms with E-state index in [-0.39, 0.29) is 12.2 Å². The van der Waals surface area contributed by atoms with Crippen molar-refractivity contribution in [3.63, 3.8) is 0 Å². The van der Waals surface area contributed by atoms with Crippen molar-refractivity contribution in [3.8, 4) is 0 Å². The van der Waals surface area contributed by atoms with Gasteiger partial charge in [-0.2, -0.15) is 0 Å². The van der Waals surface area contributed by atoms with E-state index in [1.165, 1.54) is 14.2 Å². The molecule has 5 nitrogen and oxygen atoms in total. The second-order valence-electron chi connectivity index (χ2n) is 4.60. The van der Waals surface area contributed by atoms with Crippen LogP contribution < -0.4 is 11.5 Å². The van der Waals surface area contributed by atoms with Crippen molar-refractivity contribution >= 4 is 11.5 Å². The third-order valence-electron chi connectivity index (χ3n) is 3.45. The topological polar surface area (TPSA) is 87.6 Å². The number of allylic oxidation sites excluding steroid dienone is 2. The zero-order chi connectivity index (χ0) is 14.8. The Labute approximate surface area is 117 Å². The van der Waals surface area contributed by atoms with E-state index in [0.29, 0.717) is 22.5 Å². The van der Waals surface area contributed by atoms with Crippen molar-refractivity contribution < 1.29 is 14.3 Å². The fraction of sp³-hybridized carbons (Fsp3) is 0.267. The molecule has 0 amide bonds. The van der Waals surface area contributed by atoms with E-state index >= 15 is 0 Å². The van der Waals surface area contributed by atoms with Crippen molar-refractivity contribution in [3.05, 3.63) is 53.3 Å². The Kier molecular flexibility index (Phi) is 3.92. The van der Waals surface area contributed by atoms with Crippen molar-refractivity contribution in [1.82, 2.24) is 0 Å². The maximum Gasteiger partial charge on any atom is 0.213 e. The molecule has 0 atom stereocenters. The summed E-state index contributed by atoms with van der Waals surface area (Å²) in [5, 5.41) is 0. The largest absolute Gasteiger partial charge is 0.399 e. The number of nitrogen functional groups attached to an aromatic ring is 1. The number of anilines is 1. The van der Waals surface area contributed by atoms with Gasteiger partial charge in [-0.15, -0.1) is 0 Å². The Balaban J connectivity index is 2.30. The fourth-order valence-corrected chi connectivity index (χ4v) is 2.17. The summed E-state index contributed by atoms with van der Waals surface area (Å²) in [5.41, 5.74) is 13.7. The van der Waals surface area contributed by atoms with Crippen molar-refractivity contribution in [2.24, 2.45) is 5.73 Å². The number of nitrogens with two attached hydrogens (primary N) is 2. The maximum atomic E-state index is 12.4. The van der Waals surface area contributed by atoms with Crippen LogP contribution in [-0.2, 0) is 9.47 Å². The van der Waals surface area contributed by atoms with Crippen LogP contribution in [0.25, 0.3) is 0 Å². The Hall–Kier alpha value is -2.11. The van der Waals surface area contributed by atoms with Gasteiger partial charge in [0.1, 0.15) is 0 Å². The predicted octanol–water partition coefficient (Wildman–Crippen LogP) is 1.61. The molecule has 106 valence electrons. The van der Waals surface area contributed by atoms with Gasteiger partial charge in [0.15, 0.2) is 5.78 Å². The Morgan fingerprint density at radius 2 is 1.70 bits per heavy atom. The van der Waals surface area contributed by atoms with Gasteiger partial charge >= 0.3 is 0 Å². The lowest BCUT2D eigenvalue weighted by atomic mass is 9.91. The normalized spacial score (nSPS) is 17.3. The second kappa shape index (κ2) is 5.48. The predicted molar refractivity (Wildman–Crippen MR) is 76.9 cm³/mol. The average Bonchev–Trinajstić information content (AvgIpc) is 2.48. The van der Waals surface area contributed by atoms with Crippen molar-refractivity contribution in [2.75, 3.05) is 20.0 Å². The van der Waals surface area contributed by atoms with Crippen LogP contribution in [0.2, 0.25) is 0 Å². The molecule has 20 heavy (non-hydrogen) atoms. The van der Waals surface area contributed by atoms with Crippen LogP contribution in [0.3, 0.4) is 0 Å². The first-order valence-corrected chi connectivity index (χ1v) is 6.20. The number of rotatable bonds is 4. The lowest BCUT2D eigenvalue weighted by Gasteiger charge is -2.33. The SMILES string of the molecule is COC1(OC)CC(C(=O)c2ccc(N)cc2)=CC=C1N. The maximum absolute atomic E-state index is 12.4. The standard InChI is InChI=1S/C15H18N2O3/c1-19-15(20-2)9-11(5-8-13(15)17)14(18)10-3-6-12(16)7-4-10/h3-8H,9,16-17H2,1-2H3. The first-order chi connectivity index (χ1) is 9.52. The zero-order valence-corrected chi connectivity index (χ0v) is 11.6. The molecule has 1 aliphatic rings. The van der Waals surface area contributed by atoms with E-state index in [2.05, 4.69) is 0 Å². The molecule has 0 bridgehead atoms. The molecule has 0 aliphatic heterocycles. The van der Waals surface area contributed by atoms with Gasteiger partial charge < -0.3 is 20.9 Å². The van der Waals surface area contributed by atoms with Gasteiger partial charge in [0.25, 0.3) is 0 Å². The number of ketones is 1. The molecule has 4 N–H and O–H groups in total. The number of Topliss-reactive ketones (excluding diaryl/α,β-unsaturated/α-hetero) is 1. The lowest BCUT2D eigenvalue weighted by molar-refractivity contribution is -0.178. The van der Waals surface area contributed by atoms with E-state index in [9.17, 15) is 4.79 Å². The van der Waals surface area contributed by atoms with Crippen LogP contribution in [-0.4, -0.2) is 25.8 Å². The van der Waals surface area contributed by atoms with E-state index in [1.807, 2.05) is 0 Å². The molecule has 1 aliphatic carbocycles. The summed E-state index contributed by atoms with van der Waals surface area (Å²) < 4.78 is 10.7. The van der Waals surface area contributed by atoms with E-state index in [4.69, 9.17) is 20.9 Å². The molecule has 1 aromatic rings. The molecule has 0 heterocycles. The van der Waals surface area contributed by atoms with Crippen LogP contribution >= 0.6 is 0 Å². The van der Waals surface area contributed by atoms with Gasteiger partial charge in [-0.05, 0) is 30.3 Å². The van der Waals surface area contributed by atoms with Crippen LogP contribution in [0.1, 0.15) is 16.8 Å². The number of carbonyl (C=O) groups is 1. The van der Waals surface area contributed by atoms with Gasteiger partial charge in [-0.25, -0.2) is 0 Å². The molecule has 0 aromatic heterocycles. The summed E-state index contributed by atoms with van der Waals surface area (Å²) in [6.45, 7) is 0. The van der Waals surface area contributed by atoms with Crippen molar-refractivity contribution in [1.29, 1.82) is 0 Å². The van der Waals surface area contributed by atoms with Gasteiger partial charge in [0.05, 0.1) is 5.70 Å². The monoisotopic (exact) mass is 274 g/mol. The minimum Gasteiger partial charge on any atom is -0.399 e. The average molecular weight is 274 g/mol. The molecule has 0 saturated heterocycles. The number of hydrogen-bond donors (Lipinski definition) is 2. The van der Waals surface area contributed by atoms with Crippen LogP contribution in [0, 0.1) is 0 Å². The molecule has 0 radical (unpaired) electrons. The van der Waals surface area contributed by atoms with Crippen LogP contribution in [0.5, 0.6) is 0 Å². The Bertz CT molecular complexity index is 569. The van der Waals surface area contributed by atoms with Gasteiger partial charge in [0, 0.05) is 37.5 Å². The summed E-state index contributed by atoms with van der Waals surface area (Å²) in [6, 6.07) is 6.78. The number of carbonyl (C=O) groups excluding carboxylic acids is 1. The molecule has 0 spiro atoms. The number of ether oxygens (including phenoxy) is 2. The minimum absolute atomic E-state index is 0.0905. The smallest absolute Gasteiger partial charge is 0.213 e. The molecule has 0 unspecified atom stereocenters. The fourth-order valence-electron chi connectivity index (χ4n) is 2.17. The van der Waals surface area contributed by atoms with Gasteiger partial charge in [0.2, 0.25) is 5.79 Å². The summed E-state index contributed by atoms with van der Waals surface area (Å²) >= 11 is 0. The Morgan fingerprint density at radius 3 is 2.25 bits per heavy atom. The third-order valence-corrected chi connectivity index (χ3v) is 3.45. The van der Waals surface area contributed by atoms with Gasteiger partial charge in [-0.1, -0.05) is 6.08 Å². The van der Waals surface area contributed by atoms with E-state index in [1.54, 1.807) is 36.4 Å². The highest BCUT2D eigenvalue weighted by Gasteiger charge is 2.37. The molecule has 0 fully saturated rings. The highest BCUT2D eigenvalue weighted by Crippen LogP contribution is 2.32. The zero-order valence-electron chi connectivity index (χ0n) is 11.6. The molecule has 5 heteroatoms. The minimum atomic E-state index is -1.08. The van der Waals surface area contributed by atoms with Gasteiger partial charge in [-0.3, -0.25) is 4.79 Å². The Morgan fingerprint density at radius 1 is 1.10 bits per heavy atom. The summed E-state index contributed by atoms with van der Waals surface area (Å²) in [6.07, 6.45) is 3.61. The molecule has 2 rings (SSSR count). The van der Waals surface area contributed by atoms with Crippen LogP contribution in [0.4, 0.5) is 5.69 Å². The highest BCUT2D eigenvalue weighted by atomic mass is 16.7. The first-order valence-electron chi connectivity index (χ1n) is 6.20. The highest BCUT2D eigenvalue weighted by molar-refractivity contribution is 6.09. The number of hydrogen-bond acceptors (Lipinski definition) is 5. The van der Waals surface area contributed by atoms with Crippen molar-refractivity contribution in [2.45, 2.75) is 12.2 Å².